The van der Waals surface area contributed by atoms with Crippen LogP contribution in [0.5, 0.6) is 5.75 Å². The summed E-state index contributed by atoms with van der Waals surface area (Å²) in [5.74, 6) is 0.893. The molecule has 106 valence electrons. The molecule has 1 aromatic rings. The van der Waals surface area contributed by atoms with Gasteiger partial charge in [-0.15, -0.1) is 6.58 Å². The van der Waals surface area contributed by atoms with Crippen LogP contribution in [0, 0.1) is 0 Å². The lowest BCUT2D eigenvalue weighted by Gasteiger charge is -2.34. The van der Waals surface area contributed by atoms with E-state index in [1.54, 1.807) is 0 Å². The minimum Gasteiger partial charge on any atom is -0.492 e. The van der Waals surface area contributed by atoms with Crippen LogP contribution in [0.15, 0.2) is 36.9 Å². The maximum atomic E-state index is 5.76. The molecule has 0 unspecified atom stereocenters. The van der Waals surface area contributed by atoms with Crippen molar-refractivity contribution in [2.75, 3.05) is 19.7 Å². The lowest BCUT2D eigenvalue weighted by Crippen LogP contribution is -2.43. The van der Waals surface area contributed by atoms with Crippen LogP contribution in [0.3, 0.4) is 0 Å². The van der Waals surface area contributed by atoms with Crippen LogP contribution in [0.4, 0.5) is 0 Å². The SMILES string of the molecule is C=CCN(CCOc1ccc(CN)cc1)C(C)(C)C. The molecular weight excluding hydrogens is 236 g/mol. The summed E-state index contributed by atoms with van der Waals surface area (Å²) >= 11 is 0. The second-order valence-electron chi connectivity index (χ2n) is 5.60. The summed E-state index contributed by atoms with van der Waals surface area (Å²) in [6.45, 7) is 13.4. The van der Waals surface area contributed by atoms with E-state index in [-0.39, 0.29) is 5.54 Å². The van der Waals surface area contributed by atoms with Crippen LogP contribution in [0.25, 0.3) is 0 Å². The van der Waals surface area contributed by atoms with Gasteiger partial charge in [-0.05, 0) is 38.5 Å². The third-order valence-corrected chi connectivity index (χ3v) is 3.09. The van der Waals surface area contributed by atoms with Gasteiger partial charge in [0, 0.05) is 25.2 Å². The number of hydrogen-bond donors (Lipinski definition) is 1. The predicted molar refractivity (Wildman–Crippen MR) is 81.4 cm³/mol. The van der Waals surface area contributed by atoms with E-state index in [0.29, 0.717) is 13.2 Å². The maximum Gasteiger partial charge on any atom is 0.119 e. The van der Waals surface area contributed by atoms with Gasteiger partial charge in [0.15, 0.2) is 0 Å². The molecule has 0 fully saturated rings. The average molecular weight is 262 g/mol. The molecule has 0 bridgehead atoms. The Labute approximate surface area is 117 Å². The molecule has 3 nitrogen and oxygen atoms in total. The molecule has 0 atom stereocenters. The summed E-state index contributed by atoms with van der Waals surface area (Å²) in [5, 5.41) is 0. The third-order valence-electron chi connectivity index (χ3n) is 3.09. The topological polar surface area (TPSA) is 38.5 Å². The minimum absolute atomic E-state index is 0.126. The average Bonchev–Trinajstić information content (AvgIpc) is 2.37. The maximum absolute atomic E-state index is 5.76. The molecule has 2 N–H and O–H groups in total. The Kier molecular flexibility index (Phi) is 6.06. The Morgan fingerprint density at radius 3 is 2.37 bits per heavy atom. The number of hydrogen-bond acceptors (Lipinski definition) is 3. The van der Waals surface area contributed by atoms with E-state index in [9.17, 15) is 0 Å². The van der Waals surface area contributed by atoms with Crippen molar-refractivity contribution in [1.29, 1.82) is 0 Å². The highest BCUT2D eigenvalue weighted by atomic mass is 16.5. The molecule has 0 aliphatic carbocycles. The molecule has 0 aliphatic rings. The Morgan fingerprint density at radius 2 is 1.89 bits per heavy atom. The second-order valence-corrected chi connectivity index (χ2v) is 5.60. The minimum atomic E-state index is 0.126. The number of benzene rings is 1. The molecule has 0 heterocycles. The van der Waals surface area contributed by atoms with E-state index >= 15 is 0 Å². The monoisotopic (exact) mass is 262 g/mol. The van der Waals surface area contributed by atoms with Gasteiger partial charge in [-0.1, -0.05) is 18.2 Å². The largest absolute Gasteiger partial charge is 0.492 e. The van der Waals surface area contributed by atoms with Crippen molar-refractivity contribution in [2.24, 2.45) is 5.73 Å². The zero-order valence-corrected chi connectivity index (χ0v) is 12.4. The molecule has 0 amide bonds. The summed E-state index contributed by atoms with van der Waals surface area (Å²) in [5.41, 5.74) is 6.81. The fourth-order valence-corrected chi connectivity index (χ4v) is 1.85. The van der Waals surface area contributed by atoms with Crippen LogP contribution in [0.2, 0.25) is 0 Å². The first-order chi connectivity index (χ1) is 8.97. The smallest absolute Gasteiger partial charge is 0.119 e. The second kappa shape index (κ2) is 7.31. The predicted octanol–water partition coefficient (Wildman–Crippen LogP) is 2.81. The zero-order valence-electron chi connectivity index (χ0n) is 12.4. The number of nitrogens with zero attached hydrogens (tertiary/aromatic N) is 1. The van der Waals surface area contributed by atoms with Gasteiger partial charge in [-0.3, -0.25) is 4.90 Å². The van der Waals surface area contributed by atoms with Crippen LogP contribution in [-0.2, 0) is 6.54 Å². The van der Waals surface area contributed by atoms with Gasteiger partial charge in [0.1, 0.15) is 12.4 Å². The van der Waals surface area contributed by atoms with Crippen LogP contribution < -0.4 is 10.5 Å². The molecule has 1 rings (SSSR count). The van der Waals surface area contributed by atoms with E-state index in [0.717, 1.165) is 24.4 Å². The van der Waals surface area contributed by atoms with E-state index < -0.39 is 0 Å². The Balaban J connectivity index is 2.44. The number of ether oxygens (including phenoxy) is 1. The van der Waals surface area contributed by atoms with E-state index in [4.69, 9.17) is 10.5 Å². The highest BCUT2D eigenvalue weighted by Crippen LogP contribution is 2.14. The van der Waals surface area contributed by atoms with Crippen molar-refractivity contribution in [3.05, 3.63) is 42.5 Å². The highest BCUT2D eigenvalue weighted by molar-refractivity contribution is 5.27. The van der Waals surface area contributed by atoms with Gasteiger partial charge >= 0.3 is 0 Å². The summed E-state index contributed by atoms with van der Waals surface area (Å²) < 4.78 is 5.76. The quantitative estimate of drug-likeness (QED) is 0.768. The third kappa shape index (κ3) is 5.45. The van der Waals surface area contributed by atoms with E-state index in [2.05, 4.69) is 32.3 Å². The molecule has 0 radical (unpaired) electrons. The molecule has 0 saturated heterocycles. The van der Waals surface area contributed by atoms with E-state index in [1.165, 1.54) is 0 Å². The zero-order chi connectivity index (χ0) is 14.3. The molecule has 3 heteroatoms. The molecule has 0 aromatic heterocycles. The van der Waals surface area contributed by atoms with Crippen molar-refractivity contribution in [3.8, 4) is 5.75 Å². The molecule has 0 spiro atoms. The first-order valence-electron chi connectivity index (χ1n) is 6.75. The van der Waals surface area contributed by atoms with Crippen molar-refractivity contribution in [1.82, 2.24) is 4.90 Å². The summed E-state index contributed by atoms with van der Waals surface area (Å²) in [6.07, 6.45) is 1.93. The van der Waals surface area contributed by atoms with Crippen LogP contribution in [-0.4, -0.2) is 30.1 Å². The van der Waals surface area contributed by atoms with Gasteiger partial charge < -0.3 is 10.5 Å². The van der Waals surface area contributed by atoms with Crippen LogP contribution in [0.1, 0.15) is 26.3 Å². The standard InChI is InChI=1S/C16H26N2O/c1-5-10-18(16(2,3)4)11-12-19-15-8-6-14(13-17)7-9-15/h5-9H,1,10-13,17H2,2-4H3. The number of rotatable bonds is 7. The molecule has 0 saturated carbocycles. The van der Waals surface area contributed by atoms with Gasteiger partial charge in [-0.25, -0.2) is 0 Å². The first-order valence-corrected chi connectivity index (χ1v) is 6.75. The number of nitrogens with two attached hydrogens (primary N) is 1. The van der Waals surface area contributed by atoms with Gasteiger partial charge in [0.25, 0.3) is 0 Å². The Morgan fingerprint density at radius 1 is 1.26 bits per heavy atom. The van der Waals surface area contributed by atoms with Gasteiger partial charge in [-0.2, -0.15) is 0 Å². The lowest BCUT2D eigenvalue weighted by molar-refractivity contribution is 0.126. The summed E-state index contributed by atoms with van der Waals surface area (Å²) in [4.78, 5) is 2.34. The van der Waals surface area contributed by atoms with Gasteiger partial charge in [0.05, 0.1) is 0 Å². The fourth-order valence-electron chi connectivity index (χ4n) is 1.85. The van der Waals surface area contributed by atoms with Crippen molar-refractivity contribution >= 4 is 0 Å². The normalized spacial score (nSPS) is 11.6. The molecule has 1 aromatic carbocycles. The van der Waals surface area contributed by atoms with Crippen LogP contribution >= 0.6 is 0 Å². The molecule has 19 heavy (non-hydrogen) atoms. The molecule has 0 aliphatic heterocycles. The molecular formula is C16H26N2O. The van der Waals surface area contributed by atoms with E-state index in [1.807, 2.05) is 30.3 Å². The first kappa shape index (κ1) is 15.7. The summed E-state index contributed by atoms with van der Waals surface area (Å²) in [6, 6.07) is 7.94. The highest BCUT2D eigenvalue weighted by Gasteiger charge is 2.19. The lowest BCUT2D eigenvalue weighted by atomic mass is 10.1. The Hall–Kier alpha value is -1.32. The van der Waals surface area contributed by atoms with Crippen molar-refractivity contribution in [3.63, 3.8) is 0 Å². The van der Waals surface area contributed by atoms with Crippen molar-refractivity contribution in [2.45, 2.75) is 32.9 Å². The van der Waals surface area contributed by atoms with Crippen molar-refractivity contribution < 1.29 is 4.74 Å². The van der Waals surface area contributed by atoms with Gasteiger partial charge in [0.2, 0.25) is 0 Å². The summed E-state index contributed by atoms with van der Waals surface area (Å²) in [7, 11) is 0. The fraction of sp³-hybridized carbons (Fsp3) is 0.500. The Bertz CT molecular complexity index is 379.